The summed E-state index contributed by atoms with van der Waals surface area (Å²) in [6.07, 6.45) is 10.9. The molecular weight excluding hydrogens is 852 g/mol. The van der Waals surface area contributed by atoms with Crippen molar-refractivity contribution in [3.05, 3.63) is 77.2 Å². The molecule has 7 heterocycles. The number of β-amino-alcohol motifs (C(OH)–C–C–N with tert-alkyl or cyclic N) is 1. The Morgan fingerprint density at radius 1 is 0.910 bits per heavy atom. The molecule has 1 saturated carbocycles. The molecule has 11 rings (SSSR count). The minimum absolute atomic E-state index is 0.0269. The molecule has 4 saturated heterocycles. The summed E-state index contributed by atoms with van der Waals surface area (Å²) in [6, 6.07) is 14.7. The van der Waals surface area contributed by atoms with Gasteiger partial charge in [-0.3, -0.25) is 24.7 Å². The van der Waals surface area contributed by atoms with Gasteiger partial charge in [0.05, 0.1) is 17.6 Å². The van der Waals surface area contributed by atoms with Crippen molar-refractivity contribution in [3.8, 4) is 23.0 Å². The number of rotatable bonds is 10. The first-order valence-electron chi connectivity index (χ1n) is 24.3. The lowest BCUT2D eigenvalue weighted by atomic mass is 9.71. The third-order valence-electron chi connectivity index (χ3n) is 15.9. The molecule has 14 nitrogen and oxygen atoms in total. The Kier molecular flexibility index (Phi) is 10.9. The molecule has 1 aliphatic carbocycles. The molecule has 2 atom stereocenters. The molecule has 15 heteroatoms. The maximum atomic E-state index is 17.1. The van der Waals surface area contributed by atoms with Crippen LogP contribution in [0.1, 0.15) is 99.5 Å². The number of aromatic hydroxyl groups is 1. The normalized spacial score (nSPS) is 23.9. The van der Waals surface area contributed by atoms with E-state index in [4.69, 9.17) is 14.7 Å². The van der Waals surface area contributed by atoms with Gasteiger partial charge in [0.2, 0.25) is 11.8 Å². The van der Waals surface area contributed by atoms with Crippen LogP contribution in [0.15, 0.2) is 54.7 Å². The van der Waals surface area contributed by atoms with Crippen molar-refractivity contribution in [1.29, 1.82) is 0 Å². The Bertz CT molecular complexity index is 2810. The van der Waals surface area contributed by atoms with Gasteiger partial charge in [0.15, 0.2) is 5.82 Å². The van der Waals surface area contributed by atoms with Gasteiger partial charge in [0, 0.05) is 74.1 Å². The van der Waals surface area contributed by atoms with Crippen LogP contribution < -0.4 is 19.9 Å². The highest BCUT2D eigenvalue weighted by molar-refractivity contribution is 6.06. The SMILES string of the molecule is CCc1cccc2cc(O)cc(-c3ncc4c(N5CCC[C@@](C)(O)C5)nc(OCC5(CN6CCC7(CC6)CCN(c6ccc8c(c6)CN(C6CCC(=O)NC6=O)C8=O)CC7)CC5)nc4c3F)c12. The van der Waals surface area contributed by atoms with Gasteiger partial charge < -0.3 is 34.5 Å². The van der Waals surface area contributed by atoms with E-state index in [1.807, 2.05) is 42.2 Å². The zero-order chi connectivity index (χ0) is 46.2. The number of anilines is 2. The van der Waals surface area contributed by atoms with E-state index in [1.165, 1.54) is 0 Å². The van der Waals surface area contributed by atoms with Gasteiger partial charge in [0.1, 0.15) is 28.8 Å². The quantitative estimate of drug-likeness (QED) is 0.124. The lowest BCUT2D eigenvalue weighted by Crippen LogP contribution is -2.52. The number of imide groups is 1. The Morgan fingerprint density at radius 2 is 1.70 bits per heavy atom. The topological polar surface area (TPSA) is 165 Å². The number of carbonyl (C=O) groups excluding carboxylic acids is 3. The van der Waals surface area contributed by atoms with E-state index in [9.17, 15) is 24.6 Å². The van der Waals surface area contributed by atoms with Crippen LogP contribution in [0.25, 0.3) is 32.9 Å². The Labute approximate surface area is 389 Å². The maximum absolute atomic E-state index is 17.1. The first-order valence-corrected chi connectivity index (χ1v) is 24.3. The fraction of sp³-hybridized carbons (Fsp3) is 0.500. The van der Waals surface area contributed by atoms with E-state index < -0.39 is 23.4 Å². The van der Waals surface area contributed by atoms with E-state index in [0.29, 0.717) is 66.8 Å². The summed E-state index contributed by atoms with van der Waals surface area (Å²) in [5.41, 5.74) is 3.73. The molecule has 0 radical (unpaired) electrons. The van der Waals surface area contributed by atoms with Gasteiger partial charge in [-0.1, -0.05) is 25.1 Å². The number of benzene rings is 3. The number of carbonyl (C=O) groups is 3. The van der Waals surface area contributed by atoms with Gasteiger partial charge >= 0.3 is 6.01 Å². The molecule has 1 unspecified atom stereocenters. The third kappa shape index (κ3) is 8.21. The molecule has 0 bridgehead atoms. The number of pyridine rings is 1. The Balaban J connectivity index is 0.759. The minimum atomic E-state index is -0.933. The highest BCUT2D eigenvalue weighted by Crippen LogP contribution is 2.49. The summed E-state index contributed by atoms with van der Waals surface area (Å²) >= 11 is 0. The number of ether oxygens (including phenoxy) is 1. The second kappa shape index (κ2) is 16.7. The molecule has 5 aromatic rings. The number of piperidine rings is 4. The average Bonchev–Trinajstić information content (AvgIpc) is 4.01. The number of hydrogen-bond donors (Lipinski definition) is 3. The van der Waals surface area contributed by atoms with Crippen molar-refractivity contribution in [2.24, 2.45) is 10.8 Å². The third-order valence-corrected chi connectivity index (χ3v) is 15.9. The molecule has 1 spiro atoms. The molecule has 5 aliphatic heterocycles. The molecule has 5 fully saturated rings. The summed E-state index contributed by atoms with van der Waals surface area (Å²) < 4.78 is 23.7. The lowest BCUT2D eigenvalue weighted by Gasteiger charge is -2.48. The van der Waals surface area contributed by atoms with Crippen LogP contribution in [0, 0.1) is 16.6 Å². The Morgan fingerprint density at radius 3 is 2.45 bits per heavy atom. The summed E-state index contributed by atoms with van der Waals surface area (Å²) in [6.45, 7) is 10.5. The maximum Gasteiger partial charge on any atom is 0.319 e. The van der Waals surface area contributed by atoms with Crippen molar-refractivity contribution >= 4 is 50.9 Å². The molecule has 3 amide bonds. The Hall–Kier alpha value is -5.93. The smallest absolute Gasteiger partial charge is 0.319 e. The number of nitrogens with one attached hydrogen (secondary N) is 1. The van der Waals surface area contributed by atoms with Gasteiger partial charge in [-0.05, 0) is 142 Å². The number of hydrogen-bond acceptors (Lipinski definition) is 12. The predicted octanol–water partition coefficient (Wildman–Crippen LogP) is 6.91. The molecule has 2 aromatic heterocycles. The van der Waals surface area contributed by atoms with Crippen LogP contribution in [-0.2, 0) is 22.6 Å². The van der Waals surface area contributed by atoms with E-state index in [-0.39, 0.29) is 46.6 Å². The second-order valence-corrected chi connectivity index (χ2v) is 20.7. The van der Waals surface area contributed by atoms with Crippen LogP contribution in [-0.4, -0.2) is 117 Å². The molecule has 6 aliphatic rings. The number of nitrogens with zero attached hydrogens (tertiary/aromatic N) is 7. The van der Waals surface area contributed by atoms with Gasteiger partial charge in [-0.2, -0.15) is 9.97 Å². The summed E-state index contributed by atoms with van der Waals surface area (Å²) in [5, 5.41) is 26.3. The number of phenols is 1. The van der Waals surface area contributed by atoms with Crippen molar-refractivity contribution in [3.63, 3.8) is 0 Å². The number of phenolic OH excluding ortho intramolecular Hbond substituents is 1. The number of fused-ring (bicyclic) bond motifs is 3. The molecule has 3 aromatic carbocycles. The van der Waals surface area contributed by atoms with E-state index in [0.717, 1.165) is 112 Å². The number of amides is 3. The number of aliphatic hydroxyl groups is 1. The van der Waals surface area contributed by atoms with Crippen molar-refractivity contribution in [2.45, 2.75) is 103 Å². The number of likely N-dealkylation sites (tertiary alicyclic amines) is 1. The standard InChI is InChI=1S/C52H59FN8O6/c1-3-32-6-4-7-33-25-36(62)26-38(42(32)33)44-43(53)45-39(27-54-44)46(60-19-5-12-50(2,66)29-60)57-49(56-45)67-31-52(13-14-52)30-58-20-15-51(16-21-58)17-22-59(23-18-51)35-8-9-37-34(24-35)28-61(48(37)65)40-10-11-41(63)55-47(40)64/h4,6-9,24-27,40,62,66H,3,5,10-23,28-31H2,1-2H3,(H,55,63,64)/t40?,50-/m1/s1. The first kappa shape index (κ1) is 43.6. The fourth-order valence-electron chi connectivity index (χ4n) is 11.8. The van der Waals surface area contributed by atoms with Crippen LogP contribution in [0.4, 0.5) is 15.9 Å². The van der Waals surface area contributed by atoms with Crippen LogP contribution in [0.3, 0.4) is 0 Å². The van der Waals surface area contributed by atoms with Crippen molar-refractivity contribution < 1.29 is 33.7 Å². The van der Waals surface area contributed by atoms with Gasteiger partial charge in [0.25, 0.3) is 5.91 Å². The number of aromatic nitrogens is 3. The number of halogens is 1. The van der Waals surface area contributed by atoms with Crippen LogP contribution in [0.2, 0.25) is 0 Å². The van der Waals surface area contributed by atoms with E-state index in [1.54, 1.807) is 23.2 Å². The summed E-state index contributed by atoms with van der Waals surface area (Å²) in [5.74, 6) is -0.909. The van der Waals surface area contributed by atoms with E-state index in [2.05, 4.69) is 33.1 Å². The molecule has 350 valence electrons. The molecule has 67 heavy (non-hydrogen) atoms. The highest BCUT2D eigenvalue weighted by Gasteiger charge is 2.47. The summed E-state index contributed by atoms with van der Waals surface area (Å²) in [7, 11) is 0. The monoisotopic (exact) mass is 910 g/mol. The highest BCUT2D eigenvalue weighted by atomic mass is 19.1. The van der Waals surface area contributed by atoms with Crippen molar-refractivity contribution in [2.75, 3.05) is 62.2 Å². The van der Waals surface area contributed by atoms with Gasteiger partial charge in [-0.25, -0.2) is 4.39 Å². The van der Waals surface area contributed by atoms with Crippen LogP contribution >= 0.6 is 0 Å². The first-order chi connectivity index (χ1) is 32.3. The largest absolute Gasteiger partial charge is 0.508 e. The second-order valence-electron chi connectivity index (χ2n) is 20.7. The zero-order valence-electron chi connectivity index (χ0n) is 38.5. The van der Waals surface area contributed by atoms with Crippen LogP contribution in [0.5, 0.6) is 11.8 Å². The average molecular weight is 911 g/mol. The summed E-state index contributed by atoms with van der Waals surface area (Å²) in [4.78, 5) is 60.5. The number of aryl methyl sites for hydroxylation is 1. The van der Waals surface area contributed by atoms with Crippen molar-refractivity contribution in [1.82, 2.24) is 30.1 Å². The molecule has 3 N–H and O–H groups in total. The fourth-order valence-corrected chi connectivity index (χ4v) is 11.8. The zero-order valence-corrected chi connectivity index (χ0v) is 38.5. The lowest BCUT2D eigenvalue weighted by molar-refractivity contribution is -0.136. The van der Waals surface area contributed by atoms with Gasteiger partial charge in [-0.15, -0.1) is 0 Å². The predicted molar refractivity (Wildman–Crippen MR) is 253 cm³/mol. The molecular formula is C52H59FN8O6. The van der Waals surface area contributed by atoms with E-state index >= 15 is 4.39 Å². The minimum Gasteiger partial charge on any atom is -0.508 e.